The quantitative estimate of drug-likeness (QED) is 0.615. The lowest BCUT2D eigenvalue weighted by atomic mass is 10.3. The smallest absolute Gasteiger partial charge is 0.322 e. The molecule has 5 heteroatoms. The predicted octanol–water partition coefficient (Wildman–Crippen LogP) is -0.106. The van der Waals surface area contributed by atoms with Gasteiger partial charge < -0.3 is 14.2 Å². The summed E-state index contributed by atoms with van der Waals surface area (Å²) >= 11 is 0. The molecule has 0 aromatic heterocycles. The van der Waals surface area contributed by atoms with Gasteiger partial charge >= 0.3 is 5.97 Å². The van der Waals surface area contributed by atoms with Gasteiger partial charge in [-0.15, -0.1) is 0 Å². The van der Waals surface area contributed by atoms with Crippen molar-refractivity contribution in [2.75, 3.05) is 34.4 Å². The van der Waals surface area contributed by atoms with Gasteiger partial charge in [0.1, 0.15) is 6.04 Å². The lowest BCUT2D eigenvalue weighted by Crippen LogP contribution is -2.38. The van der Waals surface area contributed by atoms with Crippen molar-refractivity contribution in [2.45, 2.75) is 25.2 Å². The highest BCUT2D eigenvalue weighted by atomic mass is 16.5. The average molecular weight is 217 g/mol. The number of likely N-dealkylation sites (tertiary alicyclic amines) is 1. The van der Waals surface area contributed by atoms with Gasteiger partial charge in [-0.1, -0.05) is 0 Å². The van der Waals surface area contributed by atoms with E-state index in [4.69, 9.17) is 14.2 Å². The Hall–Kier alpha value is -0.650. The van der Waals surface area contributed by atoms with E-state index in [1.807, 2.05) is 11.8 Å². The molecule has 5 nitrogen and oxygen atoms in total. The number of nitrogens with zero attached hydrogens (tertiary/aromatic N) is 1. The van der Waals surface area contributed by atoms with Crippen LogP contribution >= 0.6 is 0 Å². The van der Waals surface area contributed by atoms with E-state index in [-0.39, 0.29) is 24.2 Å². The number of methoxy groups -OCH3 is 3. The molecule has 0 amide bonds. The van der Waals surface area contributed by atoms with Crippen molar-refractivity contribution in [3.05, 3.63) is 0 Å². The maximum atomic E-state index is 11.3. The first kappa shape index (κ1) is 12.4. The van der Waals surface area contributed by atoms with Gasteiger partial charge in [0.05, 0.1) is 19.3 Å². The van der Waals surface area contributed by atoms with Crippen molar-refractivity contribution in [1.82, 2.24) is 4.90 Å². The Morgan fingerprint density at radius 1 is 1.20 bits per heavy atom. The molecule has 0 aromatic rings. The summed E-state index contributed by atoms with van der Waals surface area (Å²) in [7, 11) is 4.71. The van der Waals surface area contributed by atoms with Gasteiger partial charge in [0.15, 0.2) is 0 Å². The average Bonchev–Trinajstić information content (AvgIpc) is 2.69. The van der Waals surface area contributed by atoms with Crippen molar-refractivity contribution >= 4 is 5.97 Å². The van der Waals surface area contributed by atoms with Gasteiger partial charge in [-0.25, -0.2) is 0 Å². The summed E-state index contributed by atoms with van der Waals surface area (Å²) in [4.78, 5) is 13.4. The molecule has 1 aliphatic rings. The zero-order valence-electron chi connectivity index (χ0n) is 9.73. The lowest BCUT2D eigenvalue weighted by molar-refractivity contribution is -0.146. The van der Waals surface area contributed by atoms with Crippen LogP contribution in [0, 0.1) is 0 Å². The number of carbonyl (C=O) groups excluding carboxylic acids is 1. The van der Waals surface area contributed by atoms with Crippen LogP contribution in [0.25, 0.3) is 0 Å². The highest BCUT2D eigenvalue weighted by molar-refractivity contribution is 5.75. The van der Waals surface area contributed by atoms with Gasteiger partial charge in [0.25, 0.3) is 0 Å². The van der Waals surface area contributed by atoms with E-state index in [0.29, 0.717) is 13.1 Å². The van der Waals surface area contributed by atoms with Crippen molar-refractivity contribution in [3.8, 4) is 0 Å². The van der Waals surface area contributed by atoms with Crippen LogP contribution in [0.1, 0.15) is 6.92 Å². The molecular formula is C10H19NO4. The molecule has 0 radical (unpaired) electrons. The summed E-state index contributed by atoms with van der Waals surface area (Å²) in [5.41, 5.74) is 0. The second-order valence-corrected chi connectivity index (χ2v) is 3.70. The highest BCUT2D eigenvalue weighted by Crippen LogP contribution is 2.18. The Labute approximate surface area is 90.3 Å². The molecule has 0 aliphatic carbocycles. The summed E-state index contributed by atoms with van der Waals surface area (Å²) in [5, 5.41) is 0. The van der Waals surface area contributed by atoms with Crippen LogP contribution in [0.3, 0.4) is 0 Å². The maximum absolute atomic E-state index is 11.3. The minimum absolute atomic E-state index is 0.0297. The molecule has 0 N–H and O–H groups in total. The van der Waals surface area contributed by atoms with E-state index in [1.165, 1.54) is 7.11 Å². The molecule has 0 aromatic carbocycles. The van der Waals surface area contributed by atoms with E-state index < -0.39 is 0 Å². The second kappa shape index (κ2) is 5.44. The van der Waals surface area contributed by atoms with Crippen molar-refractivity contribution in [1.29, 1.82) is 0 Å². The first-order valence-electron chi connectivity index (χ1n) is 5.01. The zero-order chi connectivity index (χ0) is 11.4. The van der Waals surface area contributed by atoms with Gasteiger partial charge in [0.2, 0.25) is 0 Å². The number of carbonyl (C=O) groups is 1. The minimum atomic E-state index is -0.243. The number of esters is 1. The predicted molar refractivity (Wildman–Crippen MR) is 54.6 cm³/mol. The van der Waals surface area contributed by atoms with E-state index in [1.54, 1.807) is 14.2 Å². The molecule has 0 bridgehead atoms. The SMILES string of the molecule is COC(=O)[C@H](C)N1C[C@H](OC)[C@H](OC)C1. The van der Waals surface area contributed by atoms with E-state index >= 15 is 0 Å². The van der Waals surface area contributed by atoms with Crippen LogP contribution in [0.5, 0.6) is 0 Å². The van der Waals surface area contributed by atoms with E-state index in [0.717, 1.165) is 0 Å². The molecule has 15 heavy (non-hydrogen) atoms. The number of ether oxygens (including phenoxy) is 3. The molecular weight excluding hydrogens is 198 g/mol. The highest BCUT2D eigenvalue weighted by Gasteiger charge is 2.37. The summed E-state index contributed by atoms with van der Waals surface area (Å²) in [6, 6.07) is -0.243. The standard InChI is InChI=1S/C10H19NO4/c1-7(10(12)15-4)11-5-8(13-2)9(6-11)14-3/h7-9H,5-6H2,1-4H3/t7-,8-,9+/m0/s1. The monoisotopic (exact) mass is 217 g/mol. The second-order valence-electron chi connectivity index (χ2n) is 3.70. The molecule has 1 heterocycles. The molecule has 1 saturated heterocycles. The third-order valence-corrected chi connectivity index (χ3v) is 2.94. The van der Waals surface area contributed by atoms with Crippen molar-refractivity contribution < 1.29 is 19.0 Å². The van der Waals surface area contributed by atoms with Gasteiger partial charge in [-0.3, -0.25) is 9.69 Å². The Morgan fingerprint density at radius 3 is 2.00 bits per heavy atom. The van der Waals surface area contributed by atoms with Crippen LogP contribution < -0.4 is 0 Å². The fraction of sp³-hybridized carbons (Fsp3) is 0.900. The van der Waals surface area contributed by atoms with Gasteiger partial charge in [0, 0.05) is 27.3 Å². The third-order valence-electron chi connectivity index (χ3n) is 2.94. The molecule has 0 spiro atoms. The Bertz CT molecular complexity index is 209. The fourth-order valence-corrected chi connectivity index (χ4v) is 1.86. The summed E-state index contributed by atoms with van der Waals surface area (Å²) in [6.07, 6.45) is 0.0595. The van der Waals surface area contributed by atoms with Crippen LogP contribution in [0.2, 0.25) is 0 Å². The van der Waals surface area contributed by atoms with Gasteiger partial charge in [-0.05, 0) is 6.92 Å². The molecule has 1 rings (SSSR count). The lowest BCUT2D eigenvalue weighted by Gasteiger charge is -2.21. The zero-order valence-corrected chi connectivity index (χ0v) is 9.73. The van der Waals surface area contributed by atoms with Crippen molar-refractivity contribution in [2.24, 2.45) is 0 Å². The molecule has 88 valence electrons. The fourth-order valence-electron chi connectivity index (χ4n) is 1.86. The Morgan fingerprint density at radius 2 is 1.67 bits per heavy atom. The summed E-state index contributed by atoms with van der Waals surface area (Å²) < 4.78 is 15.3. The molecule has 1 fully saturated rings. The molecule has 1 aliphatic heterocycles. The van der Waals surface area contributed by atoms with Crippen molar-refractivity contribution in [3.63, 3.8) is 0 Å². The third kappa shape index (κ3) is 2.68. The number of hydrogen-bond acceptors (Lipinski definition) is 5. The van der Waals surface area contributed by atoms with Crippen LogP contribution in [-0.4, -0.2) is 63.5 Å². The van der Waals surface area contributed by atoms with Crippen LogP contribution in [-0.2, 0) is 19.0 Å². The van der Waals surface area contributed by atoms with E-state index in [9.17, 15) is 4.79 Å². The molecule has 0 saturated carbocycles. The number of hydrogen-bond donors (Lipinski definition) is 0. The van der Waals surface area contributed by atoms with Crippen LogP contribution in [0.4, 0.5) is 0 Å². The van der Waals surface area contributed by atoms with Crippen LogP contribution in [0.15, 0.2) is 0 Å². The largest absolute Gasteiger partial charge is 0.468 e. The first-order valence-corrected chi connectivity index (χ1v) is 5.01. The Balaban J connectivity index is 2.56. The Kier molecular flexibility index (Phi) is 4.50. The minimum Gasteiger partial charge on any atom is -0.468 e. The maximum Gasteiger partial charge on any atom is 0.322 e. The van der Waals surface area contributed by atoms with E-state index in [2.05, 4.69) is 0 Å². The topological polar surface area (TPSA) is 48.0 Å². The molecule has 3 atom stereocenters. The molecule has 0 unspecified atom stereocenters. The first-order chi connectivity index (χ1) is 7.13. The normalized spacial score (nSPS) is 29.1. The number of rotatable bonds is 4. The van der Waals surface area contributed by atoms with Gasteiger partial charge in [-0.2, -0.15) is 0 Å². The summed E-state index contributed by atoms with van der Waals surface area (Å²) in [6.45, 7) is 3.23. The summed E-state index contributed by atoms with van der Waals surface area (Å²) in [5.74, 6) is -0.221.